The van der Waals surface area contributed by atoms with Gasteiger partial charge in [0.25, 0.3) is 5.91 Å². The highest BCUT2D eigenvalue weighted by Crippen LogP contribution is 2.07. The molecule has 1 heterocycles. The number of hydrogen-bond donors (Lipinski definition) is 3. The highest BCUT2D eigenvalue weighted by atomic mass is 16.7. The Morgan fingerprint density at radius 3 is 2.83 bits per heavy atom. The van der Waals surface area contributed by atoms with Crippen molar-refractivity contribution in [1.29, 1.82) is 0 Å². The first-order chi connectivity index (χ1) is 11.3. The van der Waals surface area contributed by atoms with Crippen LogP contribution in [0.2, 0.25) is 0 Å². The van der Waals surface area contributed by atoms with Gasteiger partial charge < -0.3 is 21.2 Å². The maximum Gasteiger partial charge on any atom is 0.260 e. The van der Waals surface area contributed by atoms with E-state index in [1.807, 2.05) is 24.3 Å². The zero-order chi connectivity index (χ0) is 16.3. The normalized spacial score (nSPS) is 10.8. The molecule has 0 fully saturated rings. The predicted molar refractivity (Wildman–Crippen MR) is 87.8 cm³/mol. The Bertz CT molecular complexity index is 600. The molecule has 0 saturated heterocycles. The molecule has 0 saturated carbocycles. The first-order valence-electron chi connectivity index (χ1n) is 7.92. The van der Waals surface area contributed by atoms with Gasteiger partial charge in [-0.1, -0.05) is 17.0 Å². The molecule has 4 N–H and O–H groups in total. The molecule has 0 spiro atoms. The number of nitrogens with zero attached hydrogens (tertiary/aromatic N) is 3. The Hall–Kier alpha value is -2.19. The Labute approximate surface area is 135 Å². The molecule has 0 unspecified atom stereocenters. The molecule has 126 valence electrons. The van der Waals surface area contributed by atoms with Crippen LogP contribution in [0.1, 0.15) is 19.3 Å². The minimum Gasteiger partial charge on any atom is -0.385 e. The fourth-order valence-corrected chi connectivity index (χ4v) is 2.07. The second-order valence-corrected chi connectivity index (χ2v) is 5.17. The summed E-state index contributed by atoms with van der Waals surface area (Å²) in [5, 5.41) is 13.9. The average Bonchev–Trinajstić information content (AvgIpc) is 2.98. The number of carbonyl (C=O) groups excluding carboxylic acids is 1. The van der Waals surface area contributed by atoms with Gasteiger partial charge in [-0.25, -0.2) is 0 Å². The van der Waals surface area contributed by atoms with Crippen molar-refractivity contribution in [3.8, 4) is 0 Å². The fraction of sp³-hybridized carbons (Fsp3) is 0.533. The van der Waals surface area contributed by atoms with Gasteiger partial charge in [-0.3, -0.25) is 4.79 Å². The number of nitrogens with one attached hydrogen (secondary N) is 2. The molecule has 2 aromatic rings. The van der Waals surface area contributed by atoms with Crippen LogP contribution in [-0.2, 0) is 4.79 Å². The molecule has 2 rings (SSSR count). The molecule has 8 heteroatoms. The van der Waals surface area contributed by atoms with E-state index >= 15 is 0 Å². The Morgan fingerprint density at radius 1 is 1.17 bits per heavy atom. The molecule has 1 aromatic heterocycles. The van der Waals surface area contributed by atoms with Crippen LogP contribution in [0.25, 0.3) is 11.0 Å². The average molecular weight is 320 g/mol. The maximum atomic E-state index is 11.7. The van der Waals surface area contributed by atoms with Gasteiger partial charge in [-0.2, -0.15) is 0 Å². The van der Waals surface area contributed by atoms with E-state index in [2.05, 4.69) is 20.9 Å². The van der Waals surface area contributed by atoms with Gasteiger partial charge in [0, 0.05) is 6.54 Å². The summed E-state index contributed by atoms with van der Waals surface area (Å²) in [6, 6.07) is 7.42. The fourth-order valence-electron chi connectivity index (χ4n) is 2.07. The first-order valence-corrected chi connectivity index (χ1v) is 7.92. The van der Waals surface area contributed by atoms with E-state index in [0.29, 0.717) is 13.1 Å². The Morgan fingerprint density at radius 2 is 1.96 bits per heavy atom. The van der Waals surface area contributed by atoms with E-state index in [9.17, 15) is 4.79 Å². The number of unbranched alkanes of at least 4 members (excludes halogenated alkanes) is 1. The van der Waals surface area contributed by atoms with Crippen LogP contribution in [0.4, 0.5) is 0 Å². The monoisotopic (exact) mass is 320 g/mol. The third-order valence-corrected chi connectivity index (χ3v) is 3.30. The molecule has 0 radical (unpaired) electrons. The molecule has 1 amide bonds. The molecule has 0 bridgehead atoms. The summed E-state index contributed by atoms with van der Waals surface area (Å²) in [6.45, 7) is 3.16. The van der Waals surface area contributed by atoms with Crippen LogP contribution < -0.4 is 21.2 Å². The molecule has 0 aliphatic rings. The van der Waals surface area contributed by atoms with Crippen molar-refractivity contribution < 1.29 is 9.63 Å². The molecule has 0 atom stereocenters. The maximum absolute atomic E-state index is 11.7. The standard InChI is InChI=1S/C15H24N6O2/c16-8-5-10-17-9-3-4-11-18-15(22)12-23-21-14-7-2-1-6-13(14)19-20-21/h1-2,6-7,17H,3-5,8-12,16H2,(H,18,22). The number of amides is 1. The minimum atomic E-state index is -0.166. The van der Waals surface area contributed by atoms with Crippen molar-refractivity contribution >= 4 is 16.9 Å². The lowest BCUT2D eigenvalue weighted by Crippen LogP contribution is -2.33. The number of benzene rings is 1. The number of fused-ring (bicyclic) bond motifs is 1. The molecular weight excluding hydrogens is 296 g/mol. The molecule has 23 heavy (non-hydrogen) atoms. The third kappa shape index (κ3) is 5.84. The zero-order valence-electron chi connectivity index (χ0n) is 13.2. The van der Waals surface area contributed by atoms with Crippen LogP contribution in [0.15, 0.2) is 24.3 Å². The van der Waals surface area contributed by atoms with E-state index in [-0.39, 0.29) is 12.5 Å². The van der Waals surface area contributed by atoms with Crippen molar-refractivity contribution in [3.63, 3.8) is 0 Å². The van der Waals surface area contributed by atoms with E-state index in [1.165, 1.54) is 4.85 Å². The van der Waals surface area contributed by atoms with E-state index in [1.54, 1.807) is 0 Å². The summed E-state index contributed by atoms with van der Waals surface area (Å²) in [4.78, 5) is 18.3. The number of para-hydroxylation sites is 1. The van der Waals surface area contributed by atoms with Gasteiger partial charge in [0.05, 0.1) is 0 Å². The smallest absolute Gasteiger partial charge is 0.260 e. The topological polar surface area (TPSA) is 107 Å². The number of rotatable bonds is 11. The second kappa shape index (κ2) is 9.75. The van der Waals surface area contributed by atoms with Crippen molar-refractivity contribution in [3.05, 3.63) is 24.3 Å². The van der Waals surface area contributed by atoms with E-state index < -0.39 is 0 Å². The SMILES string of the molecule is NCCCNCCCCNC(=O)COn1nnc2ccccc21. The largest absolute Gasteiger partial charge is 0.385 e. The molecule has 8 nitrogen and oxygen atoms in total. The summed E-state index contributed by atoms with van der Waals surface area (Å²) in [6.07, 6.45) is 2.93. The molecule has 1 aromatic carbocycles. The van der Waals surface area contributed by atoms with Crippen LogP contribution in [0, 0.1) is 0 Å². The van der Waals surface area contributed by atoms with Gasteiger partial charge in [0.2, 0.25) is 0 Å². The van der Waals surface area contributed by atoms with Crippen molar-refractivity contribution in [2.45, 2.75) is 19.3 Å². The second-order valence-electron chi connectivity index (χ2n) is 5.17. The third-order valence-electron chi connectivity index (χ3n) is 3.30. The van der Waals surface area contributed by atoms with Gasteiger partial charge >= 0.3 is 0 Å². The van der Waals surface area contributed by atoms with Gasteiger partial charge in [-0.15, -0.1) is 5.10 Å². The van der Waals surface area contributed by atoms with Crippen molar-refractivity contribution in [1.82, 2.24) is 25.8 Å². The number of aromatic nitrogens is 3. The lowest BCUT2D eigenvalue weighted by Gasteiger charge is -2.07. The summed E-state index contributed by atoms with van der Waals surface area (Å²) in [5.41, 5.74) is 6.88. The quantitative estimate of drug-likeness (QED) is 0.491. The Balaban J connectivity index is 1.57. The van der Waals surface area contributed by atoms with E-state index in [4.69, 9.17) is 10.6 Å². The number of hydrogen-bond acceptors (Lipinski definition) is 6. The van der Waals surface area contributed by atoms with Gasteiger partial charge in [0.15, 0.2) is 6.61 Å². The molecular formula is C15H24N6O2. The van der Waals surface area contributed by atoms with Crippen LogP contribution >= 0.6 is 0 Å². The summed E-state index contributed by atoms with van der Waals surface area (Å²) in [7, 11) is 0. The summed E-state index contributed by atoms with van der Waals surface area (Å²) < 4.78 is 0. The highest BCUT2D eigenvalue weighted by molar-refractivity contribution is 5.77. The summed E-state index contributed by atoms with van der Waals surface area (Å²) in [5.74, 6) is -0.166. The van der Waals surface area contributed by atoms with Crippen molar-refractivity contribution in [2.75, 3.05) is 32.8 Å². The van der Waals surface area contributed by atoms with Crippen molar-refractivity contribution in [2.24, 2.45) is 5.73 Å². The lowest BCUT2D eigenvalue weighted by molar-refractivity contribution is -0.126. The van der Waals surface area contributed by atoms with Gasteiger partial charge in [-0.05, 0) is 56.2 Å². The molecule has 0 aliphatic heterocycles. The van der Waals surface area contributed by atoms with Gasteiger partial charge in [0.1, 0.15) is 11.0 Å². The van der Waals surface area contributed by atoms with Crippen LogP contribution in [0.3, 0.4) is 0 Å². The molecule has 0 aliphatic carbocycles. The first kappa shape index (κ1) is 17.2. The number of carbonyl (C=O) groups is 1. The number of nitrogens with two attached hydrogens (primary N) is 1. The van der Waals surface area contributed by atoms with Crippen LogP contribution in [-0.4, -0.2) is 53.9 Å². The lowest BCUT2D eigenvalue weighted by atomic mass is 10.3. The van der Waals surface area contributed by atoms with E-state index in [0.717, 1.165) is 43.4 Å². The zero-order valence-corrected chi connectivity index (χ0v) is 13.2. The minimum absolute atomic E-state index is 0.0812. The predicted octanol–water partition coefficient (Wildman–Crippen LogP) is -0.305. The van der Waals surface area contributed by atoms with Crippen LogP contribution in [0.5, 0.6) is 0 Å². The Kier molecular flexibility index (Phi) is 7.28. The summed E-state index contributed by atoms with van der Waals surface area (Å²) >= 11 is 0. The highest BCUT2D eigenvalue weighted by Gasteiger charge is 2.06.